The lowest BCUT2D eigenvalue weighted by Gasteiger charge is -2.40. The van der Waals surface area contributed by atoms with Gasteiger partial charge in [0.05, 0.1) is 0 Å². The van der Waals surface area contributed by atoms with Gasteiger partial charge in [-0.15, -0.1) is 0 Å². The van der Waals surface area contributed by atoms with Crippen molar-refractivity contribution in [2.24, 2.45) is 11.7 Å². The van der Waals surface area contributed by atoms with Crippen molar-refractivity contribution in [3.8, 4) is 0 Å². The summed E-state index contributed by atoms with van der Waals surface area (Å²) < 4.78 is 0. The first-order valence-electron chi connectivity index (χ1n) is 8.45. The van der Waals surface area contributed by atoms with Gasteiger partial charge >= 0.3 is 0 Å². The topological polar surface area (TPSA) is 66.6 Å². The number of carbonyl (C=O) groups is 1. The Bertz CT molecular complexity index is 505. The fourth-order valence-electron chi connectivity index (χ4n) is 3.91. The monoisotopic (exact) mass is 302 g/mol. The summed E-state index contributed by atoms with van der Waals surface area (Å²) in [5, 5.41) is 11.4. The first-order chi connectivity index (χ1) is 10.6. The highest BCUT2D eigenvalue weighted by molar-refractivity contribution is 5.87. The van der Waals surface area contributed by atoms with Gasteiger partial charge in [0.25, 0.3) is 5.91 Å². The lowest BCUT2D eigenvalue weighted by atomic mass is 9.78. The summed E-state index contributed by atoms with van der Waals surface area (Å²) in [7, 11) is 0. The molecule has 120 valence electrons. The highest BCUT2D eigenvalue weighted by Crippen LogP contribution is 2.42. The molecule has 4 nitrogen and oxygen atoms in total. The molecule has 22 heavy (non-hydrogen) atoms. The molecule has 3 N–H and O–H groups in total. The maximum atomic E-state index is 13.1. The van der Waals surface area contributed by atoms with Crippen LogP contribution in [-0.2, 0) is 10.4 Å². The van der Waals surface area contributed by atoms with Crippen molar-refractivity contribution in [1.82, 2.24) is 4.90 Å². The van der Waals surface area contributed by atoms with Crippen LogP contribution in [0.5, 0.6) is 0 Å². The predicted molar refractivity (Wildman–Crippen MR) is 86.1 cm³/mol. The number of carbonyl (C=O) groups excluding carboxylic acids is 1. The van der Waals surface area contributed by atoms with Crippen molar-refractivity contribution < 1.29 is 9.90 Å². The standard InChI is InChI=1S/C18H26N2O2/c19-16-10-12-20(13-11-16)17(21)18(22,15-8-4-5-9-15)14-6-2-1-3-7-14/h1-3,6-7,15-16,22H,4-5,8-13,19H2/t18-/m0/s1. The average Bonchev–Trinajstić information content (AvgIpc) is 3.10. The summed E-state index contributed by atoms with van der Waals surface area (Å²) in [5.74, 6) is -0.101. The number of hydrogen-bond acceptors (Lipinski definition) is 3. The van der Waals surface area contributed by atoms with Crippen molar-refractivity contribution in [1.29, 1.82) is 0 Å². The molecule has 1 aliphatic heterocycles. The number of nitrogens with two attached hydrogens (primary N) is 1. The van der Waals surface area contributed by atoms with Crippen LogP contribution in [0.25, 0.3) is 0 Å². The van der Waals surface area contributed by atoms with Crippen molar-refractivity contribution in [2.75, 3.05) is 13.1 Å². The molecule has 1 amide bonds. The fourth-order valence-corrected chi connectivity index (χ4v) is 3.91. The van der Waals surface area contributed by atoms with E-state index in [0.29, 0.717) is 13.1 Å². The second-order valence-electron chi connectivity index (χ2n) is 6.74. The van der Waals surface area contributed by atoms with E-state index in [1.807, 2.05) is 35.2 Å². The third kappa shape index (κ3) is 2.77. The van der Waals surface area contributed by atoms with E-state index in [4.69, 9.17) is 5.73 Å². The molecule has 4 heteroatoms. The third-order valence-electron chi connectivity index (χ3n) is 5.31. The number of amides is 1. The van der Waals surface area contributed by atoms with Gasteiger partial charge in [-0.1, -0.05) is 43.2 Å². The number of benzene rings is 1. The van der Waals surface area contributed by atoms with Crippen molar-refractivity contribution in [2.45, 2.75) is 50.2 Å². The van der Waals surface area contributed by atoms with Crippen LogP contribution in [0.4, 0.5) is 0 Å². The van der Waals surface area contributed by atoms with Crippen LogP contribution >= 0.6 is 0 Å². The lowest BCUT2D eigenvalue weighted by Crippen LogP contribution is -2.54. The molecule has 2 aliphatic rings. The highest BCUT2D eigenvalue weighted by Gasteiger charge is 2.48. The predicted octanol–water partition coefficient (Wildman–Crippen LogP) is 2.01. The van der Waals surface area contributed by atoms with Crippen molar-refractivity contribution in [3.05, 3.63) is 35.9 Å². The molecule has 0 aromatic heterocycles. The number of aliphatic hydroxyl groups is 1. The van der Waals surface area contributed by atoms with E-state index in [1.54, 1.807) is 0 Å². The maximum absolute atomic E-state index is 13.1. The maximum Gasteiger partial charge on any atom is 0.259 e. The van der Waals surface area contributed by atoms with E-state index in [2.05, 4.69) is 0 Å². The molecule has 1 aromatic carbocycles. The summed E-state index contributed by atoms with van der Waals surface area (Å²) in [5.41, 5.74) is 5.30. The Morgan fingerprint density at radius 2 is 1.68 bits per heavy atom. The normalized spacial score (nSPS) is 23.5. The molecule has 1 saturated heterocycles. The van der Waals surface area contributed by atoms with E-state index in [9.17, 15) is 9.90 Å². The Morgan fingerprint density at radius 3 is 2.27 bits per heavy atom. The Labute approximate surface area is 132 Å². The van der Waals surface area contributed by atoms with Crippen molar-refractivity contribution in [3.63, 3.8) is 0 Å². The first-order valence-corrected chi connectivity index (χ1v) is 8.45. The zero-order valence-electron chi connectivity index (χ0n) is 13.1. The number of rotatable bonds is 3. The van der Waals surface area contributed by atoms with Gasteiger partial charge in [0.1, 0.15) is 0 Å². The van der Waals surface area contributed by atoms with Crippen LogP contribution < -0.4 is 5.73 Å². The minimum Gasteiger partial charge on any atom is -0.375 e. The molecule has 1 aliphatic carbocycles. The second-order valence-corrected chi connectivity index (χ2v) is 6.74. The summed E-state index contributed by atoms with van der Waals surface area (Å²) in [6.07, 6.45) is 5.67. The minimum atomic E-state index is -1.38. The van der Waals surface area contributed by atoms with E-state index in [1.165, 1.54) is 0 Å². The van der Waals surface area contributed by atoms with Gasteiger partial charge in [-0.2, -0.15) is 0 Å². The van der Waals surface area contributed by atoms with E-state index >= 15 is 0 Å². The molecule has 1 heterocycles. The van der Waals surface area contributed by atoms with Crippen LogP contribution in [0.3, 0.4) is 0 Å². The average molecular weight is 302 g/mol. The quantitative estimate of drug-likeness (QED) is 0.897. The lowest BCUT2D eigenvalue weighted by molar-refractivity contribution is -0.160. The van der Waals surface area contributed by atoms with Gasteiger partial charge in [-0.25, -0.2) is 0 Å². The molecule has 1 aromatic rings. The molecule has 1 saturated carbocycles. The number of likely N-dealkylation sites (tertiary alicyclic amines) is 1. The van der Waals surface area contributed by atoms with Gasteiger partial charge < -0.3 is 15.7 Å². The van der Waals surface area contributed by atoms with Gasteiger partial charge in [-0.3, -0.25) is 4.79 Å². The van der Waals surface area contributed by atoms with Crippen LogP contribution in [0.2, 0.25) is 0 Å². The molecule has 0 spiro atoms. The largest absolute Gasteiger partial charge is 0.375 e. The van der Waals surface area contributed by atoms with Crippen LogP contribution in [0.1, 0.15) is 44.1 Å². The first kappa shape index (κ1) is 15.5. The summed E-state index contributed by atoms with van der Waals surface area (Å²) in [6, 6.07) is 9.66. The molecule has 0 bridgehead atoms. The molecular formula is C18H26N2O2. The van der Waals surface area contributed by atoms with E-state index in [0.717, 1.165) is 44.1 Å². The number of piperidine rings is 1. The van der Waals surface area contributed by atoms with Crippen LogP contribution in [0, 0.1) is 5.92 Å². The van der Waals surface area contributed by atoms with Gasteiger partial charge in [0, 0.05) is 25.0 Å². The Kier molecular flexibility index (Phi) is 4.50. The zero-order valence-corrected chi connectivity index (χ0v) is 13.1. The second kappa shape index (κ2) is 6.39. The molecule has 1 atom stereocenters. The van der Waals surface area contributed by atoms with Crippen LogP contribution in [-0.4, -0.2) is 35.0 Å². The molecule has 0 radical (unpaired) electrons. The summed E-state index contributed by atoms with van der Waals surface area (Å²) >= 11 is 0. The Morgan fingerprint density at radius 1 is 1.09 bits per heavy atom. The SMILES string of the molecule is NC1CCN(C(=O)[C@](O)(c2ccccc2)C2CCCC2)CC1. The molecule has 0 unspecified atom stereocenters. The number of hydrogen-bond donors (Lipinski definition) is 2. The molecular weight excluding hydrogens is 276 g/mol. The zero-order chi connectivity index (χ0) is 15.6. The van der Waals surface area contributed by atoms with Crippen LogP contribution in [0.15, 0.2) is 30.3 Å². The smallest absolute Gasteiger partial charge is 0.259 e. The fraction of sp³-hybridized carbons (Fsp3) is 0.611. The summed E-state index contributed by atoms with van der Waals surface area (Å²) in [4.78, 5) is 15.0. The van der Waals surface area contributed by atoms with E-state index in [-0.39, 0.29) is 17.9 Å². The molecule has 3 rings (SSSR count). The molecule has 2 fully saturated rings. The third-order valence-corrected chi connectivity index (χ3v) is 5.31. The minimum absolute atomic E-state index is 0.0259. The van der Waals surface area contributed by atoms with Gasteiger partial charge in [-0.05, 0) is 31.2 Å². The van der Waals surface area contributed by atoms with Gasteiger partial charge in [0.2, 0.25) is 0 Å². The summed E-state index contributed by atoms with van der Waals surface area (Å²) in [6.45, 7) is 1.31. The number of nitrogens with zero attached hydrogens (tertiary/aromatic N) is 1. The van der Waals surface area contributed by atoms with Crippen molar-refractivity contribution >= 4 is 5.91 Å². The van der Waals surface area contributed by atoms with Gasteiger partial charge in [0.15, 0.2) is 5.60 Å². The highest BCUT2D eigenvalue weighted by atomic mass is 16.3. The van der Waals surface area contributed by atoms with E-state index < -0.39 is 5.60 Å². The Balaban J connectivity index is 1.89. The Hall–Kier alpha value is -1.39.